The molecule has 0 aliphatic heterocycles. The molecule has 0 amide bonds. The predicted molar refractivity (Wildman–Crippen MR) is 93.5 cm³/mol. The number of para-hydroxylation sites is 2. The minimum atomic E-state index is -4.59. The fourth-order valence-corrected chi connectivity index (χ4v) is 2.20. The van der Waals surface area contributed by atoms with Gasteiger partial charge in [-0.1, -0.05) is 42.5 Å². The monoisotopic (exact) mass is 412 g/mol. The number of hydrogen-bond donors (Lipinski definition) is 1. The smallest absolute Gasteiger partial charge is 0.376 e. The van der Waals surface area contributed by atoms with Crippen LogP contribution in [0.15, 0.2) is 72.9 Å². The first kappa shape index (κ1) is 20.9. The maximum Gasteiger partial charge on any atom is 0.491 e. The zero-order chi connectivity index (χ0) is 17.6. The van der Waals surface area contributed by atoms with Crippen molar-refractivity contribution in [1.82, 2.24) is 4.98 Å². The minimum absolute atomic E-state index is 0. The molecular formula is C17H14CuF3N3S. The van der Waals surface area contributed by atoms with Crippen molar-refractivity contribution in [3.05, 3.63) is 72.9 Å². The first-order valence-corrected chi connectivity index (χ1v) is 7.31. The van der Waals surface area contributed by atoms with Crippen LogP contribution in [-0.2, 0) is 17.1 Å². The Labute approximate surface area is 159 Å². The van der Waals surface area contributed by atoms with Crippen LogP contribution in [0.3, 0.4) is 0 Å². The van der Waals surface area contributed by atoms with E-state index in [-0.39, 0.29) is 27.7 Å². The first-order valence-electron chi connectivity index (χ1n) is 6.91. The molecule has 0 spiro atoms. The topological polar surface area (TPSA) is 42.1 Å². The summed E-state index contributed by atoms with van der Waals surface area (Å²) in [5.41, 5.74) is 5.96. The van der Waals surface area contributed by atoms with Crippen molar-refractivity contribution in [3.63, 3.8) is 0 Å². The molecule has 1 radical (unpaired) electrons. The van der Waals surface area contributed by atoms with Crippen LogP contribution in [0, 0.1) is 0 Å². The van der Waals surface area contributed by atoms with Crippen molar-refractivity contribution in [3.8, 4) is 0 Å². The fourth-order valence-electron chi connectivity index (χ4n) is 1.99. The fraction of sp³-hybridized carbons (Fsp3) is 0.0588. The first-order chi connectivity index (χ1) is 11.4. The van der Waals surface area contributed by atoms with Gasteiger partial charge in [0, 0.05) is 28.7 Å². The van der Waals surface area contributed by atoms with E-state index in [2.05, 4.69) is 29.3 Å². The van der Waals surface area contributed by atoms with Crippen molar-refractivity contribution in [2.45, 2.75) is 6.30 Å². The molecule has 0 bridgehead atoms. The van der Waals surface area contributed by atoms with E-state index >= 15 is 0 Å². The molecule has 0 saturated carbocycles. The normalized spacial score (nSPS) is 10.2. The summed E-state index contributed by atoms with van der Waals surface area (Å²) in [6.45, 7) is 0. The van der Waals surface area contributed by atoms with E-state index in [1.54, 1.807) is 6.07 Å². The average Bonchev–Trinajstić information content (AvgIpc) is 2.55. The van der Waals surface area contributed by atoms with E-state index in [1.165, 1.54) is 29.7 Å². The SMILES string of the molecule is NC(=S)N(c1ccccc1)C(F)(F)F.[Cu].c1ccc2ncccc2c1. The Hall–Kier alpha value is -2.15. The number of nitrogens with two attached hydrogens (primary N) is 1. The number of pyridine rings is 1. The number of halogens is 3. The van der Waals surface area contributed by atoms with Gasteiger partial charge in [0.15, 0.2) is 5.11 Å². The van der Waals surface area contributed by atoms with Crippen LogP contribution in [0.5, 0.6) is 0 Å². The molecule has 8 heteroatoms. The maximum atomic E-state index is 12.4. The molecule has 3 rings (SSSR count). The zero-order valence-electron chi connectivity index (χ0n) is 12.7. The zero-order valence-corrected chi connectivity index (χ0v) is 14.5. The second-order valence-corrected chi connectivity index (χ2v) is 5.09. The van der Waals surface area contributed by atoms with E-state index in [4.69, 9.17) is 5.73 Å². The van der Waals surface area contributed by atoms with Gasteiger partial charge in [0.2, 0.25) is 0 Å². The Kier molecular flexibility index (Phi) is 7.83. The summed E-state index contributed by atoms with van der Waals surface area (Å²) in [6, 6.07) is 19.2. The molecule has 135 valence electrons. The summed E-state index contributed by atoms with van der Waals surface area (Å²) >= 11 is 4.33. The summed E-state index contributed by atoms with van der Waals surface area (Å²) in [6.07, 6.45) is -2.78. The average molecular weight is 413 g/mol. The molecule has 3 nitrogen and oxygen atoms in total. The van der Waals surface area contributed by atoms with E-state index in [0.29, 0.717) is 0 Å². The number of benzene rings is 2. The molecule has 2 N–H and O–H groups in total. The van der Waals surface area contributed by atoms with Gasteiger partial charge in [0.1, 0.15) is 0 Å². The molecule has 0 fully saturated rings. The maximum absolute atomic E-state index is 12.4. The van der Waals surface area contributed by atoms with Crippen molar-refractivity contribution < 1.29 is 30.2 Å². The third kappa shape index (κ3) is 6.01. The summed E-state index contributed by atoms with van der Waals surface area (Å²) < 4.78 is 37.2. The van der Waals surface area contributed by atoms with Gasteiger partial charge < -0.3 is 5.73 Å². The molecule has 25 heavy (non-hydrogen) atoms. The Bertz CT molecular complexity index is 747. The van der Waals surface area contributed by atoms with Gasteiger partial charge >= 0.3 is 6.30 Å². The van der Waals surface area contributed by atoms with Crippen LogP contribution < -0.4 is 10.6 Å². The Balaban J connectivity index is 0.000000251. The third-order valence-electron chi connectivity index (χ3n) is 3.00. The van der Waals surface area contributed by atoms with Crippen molar-refractivity contribution in [2.75, 3.05) is 4.90 Å². The molecule has 0 saturated heterocycles. The number of hydrogen-bond acceptors (Lipinski definition) is 2. The number of fused-ring (bicyclic) bond motifs is 1. The molecule has 1 aromatic heterocycles. The molecular weight excluding hydrogens is 399 g/mol. The second-order valence-electron chi connectivity index (χ2n) is 4.67. The Morgan fingerprint density at radius 1 is 0.920 bits per heavy atom. The second kappa shape index (κ2) is 9.36. The molecule has 0 aliphatic carbocycles. The van der Waals surface area contributed by atoms with Gasteiger partial charge in [-0.05, 0) is 36.5 Å². The number of nitrogens with zero attached hydrogens (tertiary/aromatic N) is 2. The summed E-state index contributed by atoms with van der Waals surface area (Å²) in [4.78, 5) is 4.13. The Morgan fingerprint density at radius 2 is 1.48 bits per heavy atom. The predicted octanol–water partition coefficient (Wildman–Crippen LogP) is 4.49. The quantitative estimate of drug-likeness (QED) is 0.363. The van der Waals surface area contributed by atoms with Gasteiger partial charge in [-0.2, -0.15) is 0 Å². The van der Waals surface area contributed by atoms with Crippen molar-refractivity contribution in [2.24, 2.45) is 5.73 Å². The van der Waals surface area contributed by atoms with Crippen LogP contribution >= 0.6 is 12.2 Å². The van der Waals surface area contributed by atoms with E-state index in [1.807, 2.05) is 30.5 Å². The molecule has 2 aromatic carbocycles. The van der Waals surface area contributed by atoms with Crippen LogP contribution in [0.1, 0.15) is 0 Å². The van der Waals surface area contributed by atoms with Crippen molar-refractivity contribution >= 4 is 33.9 Å². The van der Waals surface area contributed by atoms with E-state index < -0.39 is 11.4 Å². The number of thiocarbonyl (C=S) groups is 1. The molecule has 0 unspecified atom stereocenters. The molecule has 3 aromatic rings. The summed E-state index contributed by atoms with van der Waals surface area (Å²) in [7, 11) is 0. The van der Waals surface area contributed by atoms with Crippen LogP contribution in [0.2, 0.25) is 0 Å². The van der Waals surface area contributed by atoms with Gasteiger partial charge in [-0.25, -0.2) is 4.90 Å². The van der Waals surface area contributed by atoms with Crippen molar-refractivity contribution in [1.29, 1.82) is 0 Å². The van der Waals surface area contributed by atoms with Gasteiger partial charge in [-0.3, -0.25) is 4.98 Å². The van der Waals surface area contributed by atoms with Gasteiger partial charge in [0.05, 0.1) is 11.2 Å². The number of anilines is 1. The summed E-state index contributed by atoms with van der Waals surface area (Å²) in [5, 5.41) is 0.480. The summed E-state index contributed by atoms with van der Waals surface area (Å²) in [5.74, 6) is 0. The van der Waals surface area contributed by atoms with Crippen LogP contribution in [0.25, 0.3) is 10.9 Å². The molecule has 0 aliphatic rings. The van der Waals surface area contributed by atoms with E-state index in [9.17, 15) is 13.2 Å². The van der Waals surface area contributed by atoms with Gasteiger partial charge in [0.25, 0.3) is 0 Å². The molecule has 1 heterocycles. The number of aromatic nitrogens is 1. The Morgan fingerprint density at radius 3 is 2.04 bits per heavy atom. The molecule has 0 atom stereocenters. The standard InChI is InChI=1S/C9H7N.C8H7F3N2S.Cu/c1-2-6-9-8(4-1)5-3-7-10-9;9-8(10,11)13(7(12)14)6-4-2-1-3-5-6;/h1-7H;1-5H,(H2,12,14);. The van der Waals surface area contributed by atoms with Crippen LogP contribution in [0.4, 0.5) is 18.9 Å². The number of rotatable bonds is 1. The van der Waals surface area contributed by atoms with Crippen LogP contribution in [-0.4, -0.2) is 16.4 Å². The largest absolute Gasteiger partial charge is 0.491 e. The van der Waals surface area contributed by atoms with Gasteiger partial charge in [-0.15, -0.1) is 13.2 Å². The van der Waals surface area contributed by atoms with E-state index in [0.717, 1.165) is 5.52 Å². The minimum Gasteiger partial charge on any atom is -0.376 e. The number of alkyl halides is 3. The third-order valence-corrected chi connectivity index (χ3v) is 3.18.